The lowest BCUT2D eigenvalue weighted by molar-refractivity contribution is -0.128. The summed E-state index contributed by atoms with van der Waals surface area (Å²) in [6, 6.07) is 18.3. The lowest BCUT2D eigenvalue weighted by Crippen LogP contribution is -2.50. The third-order valence-electron chi connectivity index (χ3n) is 7.49. The molecular weight excluding hydrogens is 466 g/mol. The van der Waals surface area contributed by atoms with E-state index in [2.05, 4.69) is 29.4 Å². The van der Waals surface area contributed by atoms with Crippen LogP contribution in [0.2, 0.25) is 0 Å². The SMILES string of the molecule is CC(C)(CCNC(=O)c1ccccc1)CC(C(=O)NC1C(=O)COC1CN1CCCC1)c1ccccc1. The molecule has 0 aromatic heterocycles. The summed E-state index contributed by atoms with van der Waals surface area (Å²) in [4.78, 5) is 41.1. The zero-order valence-electron chi connectivity index (χ0n) is 21.9. The maximum Gasteiger partial charge on any atom is 0.251 e. The number of ether oxygens (including phenoxy) is 1. The molecule has 7 heteroatoms. The van der Waals surface area contributed by atoms with E-state index in [-0.39, 0.29) is 35.7 Å². The molecule has 4 rings (SSSR count). The Kier molecular flexibility index (Phi) is 9.11. The molecule has 0 aliphatic carbocycles. The van der Waals surface area contributed by atoms with Crippen molar-refractivity contribution < 1.29 is 19.1 Å². The van der Waals surface area contributed by atoms with Crippen molar-refractivity contribution in [2.75, 3.05) is 32.8 Å². The maximum atomic E-state index is 13.7. The third kappa shape index (κ3) is 7.49. The number of rotatable bonds is 11. The van der Waals surface area contributed by atoms with Crippen molar-refractivity contribution in [1.29, 1.82) is 0 Å². The Hall–Kier alpha value is -3.03. The first-order chi connectivity index (χ1) is 17.8. The molecule has 2 saturated heterocycles. The van der Waals surface area contributed by atoms with Gasteiger partial charge in [-0.05, 0) is 61.9 Å². The van der Waals surface area contributed by atoms with Crippen LogP contribution >= 0.6 is 0 Å². The standard InChI is InChI=1S/C30H39N3O4/c1-30(2,15-16-31-28(35)23-13-7-4-8-14-23)19-24(22-11-5-3-6-12-22)29(36)32-27-25(34)21-37-26(27)20-33-17-9-10-18-33/h3-8,11-14,24,26-27H,9-10,15-21H2,1-2H3,(H,31,35)(H,32,36). The van der Waals surface area contributed by atoms with Gasteiger partial charge in [0, 0.05) is 18.7 Å². The first kappa shape index (κ1) is 27.0. The number of carbonyl (C=O) groups excluding carboxylic acids is 3. The third-order valence-corrected chi connectivity index (χ3v) is 7.49. The highest BCUT2D eigenvalue weighted by molar-refractivity contribution is 5.94. The first-order valence-electron chi connectivity index (χ1n) is 13.4. The van der Waals surface area contributed by atoms with Gasteiger partial charge in [-0.1, -0.05) is 62.4 Å². The summed E-state index contributed by atoms with van der Waals surface area (Å²) in [6.45, 7) is 7.48. The lowest BCUT2D eigenvalue weighted by atomic mass is 9.77. The van der Waals surface area contributed by atoms with E-state index in [0.29, 0.717) is 31.5 Å². The van der Waals surface area contributed by atoms with Crippen LogP contribution in [0, 0.1) is 5.41 Å². The van der Waals surface area contributed by atoms with Crippen LogP contribution in [0.5, 0.6) is 0 Å². The zero-order chi connectivity index (χ0) is 26.3. The van der Waals surface area contributed by atoms with Crippen LogP contribution < -0.4 is 10.6 Å². The number of benzene rings is 2. The second kappa shape index (κ2) is 12.5. The van der Waals surface area contributed by atoms with Crippen LogP contribution in [0.15, 0.2) is 60.7 Å². The number of hydrogen-bond acceptors (Lipinski definition) is 5. The van der Waals surface area contributed by atoms with E-state index in [1.54, 1.807) is 12.1 Å². The van der Waals surface area contributed by atoms with Gasteiger partial charge >= 0.3 is 0 Å². The molecule has 0 saturated carbocycles. The van der Waals surface area contributed by atoms with E-state index >= 15 is 0 Å². The molecule has 2 aromatic rings. The summed E-state index contributed by atoms with van der Waals surface area (Å²) >= 11 is 0. The Morgan fingerprint density at radius 2 is 1.68 bits per heavy atom. The van der Waals surface area contributed by atoms with Gasteiger partial charge in [0.05, 0.1) is 12.0 Å². The Morgan fingerprint density at radius 3 is 2.35 bits per heavy atom. The smallest absolute Gasteiger partial charge is 0.251 e. The van der Waals surface area contributed by atoms with Gasteiger partial charge < -0.3 is 20.3 Å². The molecule has 2 fully saturated rings. The molecular formula is C30H39N3O4. The summed E-state index contributed by atoms with van der Waals surface area (Å²) < 4.78 is 5.79. The summed E-state index contributed by atoms with van der Waals surface area (Å²) in [5.74, 6) is -0.727. The molecule has 3 atom stereocenters. The van der Waals surface area contributed by atoms with Gasteiger partial charge in [0.2, 0.25) is 5.91 Å². The van der Waals surface area contributed by atoms with E-state index in [0.717, 1.165) is 31.5 Å². The number of hydrogen-bond donors (Lipinski definition) is 2. The van der Waals surface area contributed by atoms with Crippen molar-refractivity contribution in [3.8, 4) is 0 Å². The molecule has 2 aliphatic heterocycles. The number of nitrogens with zero attached hydrogens (tertiary/aromatic N) is 1. The largest absolute Gasteiger partial charge is 0.366 e. The molecule has 2 amide bonds. The van der Waals surface area contributed by atoms with Crippen LogP contribution in [0.4, 0.5) is 0 Å². The number of nitrogens with one attached hydrogen (secondary N) is 2. The zero-order valence-corrected chi connectivity index (χ0v) is 21.9. The minimum absolute atomic E-state index is 0.0477. The summed E-state index contributed by atoms with van der Waals surface area (Å²) in [5, 5.41) is 6.06. The van der Waals surface area contributed by atoms with Gasteiger partial charge in [0.15, 0.2) is 5.78 Å². The van der Waals surface area contributed by atoms with E-state index in [9.17, 15) is 14.4 Å². The van der Waals surface area contributed by atoms with Crippen molar-refractivity contribution >= 4 is 17.6 Å². The van der Waals surface area contributed by atoms with Gasteiger partial charge in [-0.25, -0.2) is 0 Å². The molecule has 7 nitrogen and oxygen atoms in total. The molecule has 37 heavy (non-hydrogen) atoms. The fraction of sp³-hybridized carbons (Fsp3) is 0.500. The average molecular weight is 506 g/mol. The number of ketones is 1. The van der Waals surface area contributed by atoms with Gasteiger partial charge in [-0.2, -0.15) is 0 Å². The Labute approximate surface area is 220 Å². The predicted octanol–water partition coefficient (Wildman–Crippen LogP) is 3.56. The quantitative estimate of drug-likeness (QED) is 0.488. The first-order valence-corrected chi connectivity index (χ1v) is 13.4. The number of Topliss-reactive ketones (excluding diaryl/α,β-unsaturated/α-hetero) is 1. The van der Waals surface area contributed by atoms with Crippen molar-refractivity contribution in [3.05, 3.63) is 71.8 Å². The van der Waals surface area contributed by atoms with Crippen molar-refractivity contribution in [2.45, 2.75) is 57.6 Å². The van der Waals surface area contributed by atoms with Crippen LogP contribution in [0.1, 0.15) is 61.4 Å². The number of likely N-dealkylation sites (tertiary alicyclic amines) is 1. The Balaban J connectivity index is 1.40. The van der Waals surface area contributed by atoms with Gasteiger partial charge in [-0.15, -0.1) is 0 Å². The molecule has 0 spiro atoms. The number of carbonyl (C=O) groups is 3. The van der Waals surface area contributed by atoms with Gasteiger partial charge in [0.1, 0.15) is 12.6 Å². The van der Waals surface area contributed by atoms with Crippen molar-refractivity contribution in [3.63, 3.8) is 0 Å². The second-order valence-corrected chi connectivity index (χ2v) is 11.0. The van der Waals surface area contributed by atoms with Crippen molar-refractivity contribution in [2.24, 2.45) is 5.41 Å². The topological polar surface area (TPSA) is 87.7 Å². The second-order valence-electron chi connectivity index (χ2n) is 11.0. The molecule has 3 unspecified atom stereocenters. The fourth-order valence-corrected chi connectivity index (χ4v) is 5.30. The van der Waals surface area contributed by atoms with Gasteiger partial charge in [-0.3, -0.25) is 14.4 Å². The summed E-state index contributed by atoms with van der Waals surface area (Å²) in [6.07, 6.45) is 3.31. The fourth-order valence-electron chi connectivity index (χ4n) is 5.30. The maximum absolute atomic E-state index is 13.7. The molecule has 0 radical (unpaired) electrons. The van der Waals surface area contributed by atoms with Crippen molar-refractivity contribution in [1.82, 2.24) is 15.5 Å². The lowest BCUT2D eigenvalue weighted by Gasteiger charge is -2.31. The highest BCUT2D eigenvalue weighted by Crippen LogP contribution is 2.35. The molecule has 0 bridgehead atoms. The molecule has 2 heterocycles. The molecule has 198 valence electrons. The van der Waals surface area contributed by atoms with Crippen LogP contribution in [-0.2, 0) is 14.3 Å². The van der Waals surface area contributed by atoms with Gasteiger partial charge in [0.25, 0.3) is 5.91 Å². The van der Waals surface area contributed by atoms with E-state index in [4.69, 9.17) is 4.74 Å². The highest BCUT2D eigenvalue weighted by Gasteiger charge is 2.40. The predicted molar refractivity (Wildman–Crippen MR) is 143 cm³/mol. The van der Waals surface area contributed by atoms with Crippen LogP contribution in [-0.4, -0.2) is 67.4 Å². The van der Waals surface area contributed by atoms with E-state index in [1.165, 1.54) is 0 Å². The minimum Gasteiger partial charge on any atom is -0.366 e. The summed E-state index contributed by atoms with van der Waals surface area (Å²) in [5.41, 5.74) is 1.32. The van der Waals surface area contributed by atoms with E-state index < -0.39 is 12.0 Å². The minimum atomic E-state index is -0.618. The average Bonchev–Trinajstić information content (AvgIpc) is 3.54. The monoisotopic (exact) mass is 505 g/mol. The van der Waals surface area contributed by atoms with Crippen LogP contribution in [0.25, 0.3) is 0 Å². The van der Waals surface area contributed by atoms with Crippen LogP contribution in [0.3, 0.4) is 0 Å². The van der Waals surface area contributed by atoms with E-state index in [1.807, 2.05) is 48.5 Å². The Morgan fingerprint density at radius 1 is 1.03 bits per heavy atom. The molecule has 2 N–H and O–H groups in total. The highest BCUT2D eigenvalue weighted by atomic mass is 16.5. The molecule has 2 aliphatic rings. The number of amides is 2. The normalized spacial score (nSPS) is 21.1. The molecule has 2 aromatic carbocycles. The summed E-state index contributed by atoms with van der Waals surface area (Å²) in [7, 11) is 0. The Bertz CT molecular complexity index is 1050.